The van der Waals surface area contributed by atoms with Crippen molar-refractivity contribution in [1.29, 1.82) is 5.26 Å². The van der Waals surface area contributed by atoms with Gasteiger partial charge in [0.1, 0.15) is 41.2 Å². The molecule has 0 fully saturated rings. The maximum Gasteiger partial charge on any atom is 0.349 e. The average Bonchev–Trinajstić information content (AvgIpc) is 2.96. The smallest absolute Gasteiger partial charge is 0.349 e. The molecular weight excluding hydrogens is 551 g/mol. The molecule has 1 aliphatic rings. The van der Waals surface area contributed by atoms with Crippen LogP contribution in [0.15, 0.2) is 102 Å². The van der Waals surface area contributed by atoms with Gasteiger partial charge in [0, 0.05) is 27.2 Å². The molecule has 9 heteroatoms. The number of allylic oxidation sites excluding steroid dienone is 1. The second-order valence-electron chi connectivity index (χ2n) is 8.79. The van der Waals surface area contributed by atoms with Crippen LogP contribution >= 0.6 is 23.2 Å². The Kier molecular flexibility index (Phi) is 8.11. The topological polar surface area (TPSA) is 104 Å². The number of rotatable bonds is 8. The molecule has 0 saturated carbocycles. The predicted molar refractivity (Wildman–Crippen MR) is 151 cm³/mol. The molecule has 1 atom stereocenters. The first kappa shape index (κ1) is 26.9. The summed E-state index contributed by atoms with van der Waals surface area (Å²) < 4.78 is 22.5. The number of fused-ring (bicyclic) bond motifs is 1. The van der Waals surface area contributed by atoms with Crippen LogP contribution in [0.1, 0.15) is 22.6 Å². The minimum absolute atomic E-state index is 0.0198. The molecule has 0 bridgehead atoms. The largest absolute Gasteiger partial charge is 0.489 e. The highest BCUT2D eigenvalue weighted by atomic mass is 35.5. The Morgan fingerprint density at radius 3 is 2.30 bits per heavy atom. The summed E-state index contributed by atoms with van der Waals surface area (Å²) >= 11 is 12.1. The molecule has 40 heavy (non-hydrogen) atoms. The number of hydrogen-bond acceptors (Lipinski definition) is 7. The van der Waals surface area contributed by atoms with Crippen molar-refractivity contribution >= 4 is 29.2 Å². The summed E-state index contributed by atoms with van der Waals surface area (Å²) in [6.45, 7) is 0.0232. The maximum atomic E-state index is 12.4. The fourth-order valence-electron chi connectivity index (χ4n) is 4.21. The number of nitrogens with zero attached hydrogens (tertiary/aromatic N) is 1. The average molecular weight is 573 g/mol. The van der Waals surface area contributed by atoms with Crippen molar-refractivity contribution < 1.29 is 23.7 Å². The third-order valence-corrected chi connectivity index (χ3v) is 6.78. The molecule has 5 rings (SSSR count). The Morgan fingerprint density at radius 2 is 1.57 bits per heavy atom. The van der Waals surface area contributed by atoms with E-state index in [9.17, 15) is 10.1 Å². The van der Waals surface area contributed by atoms with E-state index in [1.165, 1.54) is 0 Å². The molecule has 7 nitrogen and oxygen atoms in total. The first-order valence-corrected chi connectivity index (χ1v) is 12.9. The van der Waals surface area contributed by atoms with Crippen molar-refractivity contribution in [3.63, 3.8) is 0 Å². The highest BCUT2D eigenvalue weighted by Gasteiger charge is 2.31. The molecule has 0 aromatic heterocycles. The van der Waals surface area contributed by atoms with Crippen molar-refractivity contribution in [2.75, 3.05) is 6.61 Å². The lowest BCUT2D eigenvalue weighted by Gasteiger charge is -2.26. The summed E-state index contributed by atoms with van der Waals surface area (Å²) in [5, 5.41) is 11.1. The van der Waals surface area contributed by atoms with Gasteiger partial charge in [0.25, 0.3) is 0 Å². The molecule has 200 valence electrons. The van der Waals surface area contributed by atoms with Crippen molar-refractivity contribution in [3.05, 3.63) is 129 Å². The van der Waals surface area contributed by atoms with Crippen molar-refractivity contribution in [1.82, 2.24) is 0 Å². The van der Waals surface area contributed by atoms with Crippen LogP contribution in [-0.2, 0) is 11.4 Å². The first-order valence-electron chi connectivity index (χ1n) is 12.2. The van der Waals surface area contributed by atoms with Gasteiger partial charge in [0.05, 0.1) is 5.92 Å². The number of esters is 1. The molecule has 1 unspecified atom stereocenters. The lowest BCUT2D eigenvalue weighted by molar-refractivity contribution is -0.136. The number of carbonyl (C=O) groups excluding carboxylic acids is 1. The van der Waals surface area contributed by atoms with Gasteiger partial charge >= 0.3 is 5.97 Å². The van der Waals surface area contributed by atoms with Gasteiger partial charge in [0.2, 0.25) is 5.88 Å². The van der Waals surface area contributed by atoms with Crippen LogP contribution in [0.3, 0.4) is 0 Å². The van der Waals surface area contributed by atoms with Gasteiger partial charge in [-0.1, -0.05) is 59.6 Å². The van der Waals surface area contributed by atoms with Crippen molar-refractivity contribution in [2.24, 2.45) is 5.73 Å². The van der Waals surface area contributed by atoms with Crippen LogP contribution in [0.2, 0.25) is 10.0 Å². The zero-order chi connectivity index (χ0) is 28.1. The molecule has 0 spiro atoms. The zero-order valence-electron chi connectivity index (χ0n) is 21.0. The van der Waals surface area contributed by atoms with E-state index in [2.05, 4.69) is 6.07 Å². The third-order valence-electron chi connectivity index (χ3n) is 6.16. The molecule has 1 aliphatic heterocycles. The van der Waals surface area contributed by atoms with Gasteiger partial charge in [-0.25, -0.2) is 4.79 Å². The second-order valence-corrected chi connectivity index (χ2v) is 9.63. The number of ether oxygens (including phenoxy) is 4. The fourth-order valence-corrected chi connectivity index (χ4v) is 4.53. The summed E-state index contributed by atoms with van der Waals surface area (Å²) in [6, 6.07) is 28.6. The zero-order valence-corrected chi connectivity index (χ0v) is 22.5. The monoisotopic (exact) mass is 572 g/mol. The molecule has 0 saturated heterocycles. The standard InChI is InChI=1S/C31H22Cl2N2O5/c32-21-7-11-23(12-8-21)38-18-29(36)39-24-13-14-25-28(15-24)40-31(35)26(16-34)30(25)19-5-9-22(10-6-19)37-17-20-3-1-2-4-27(20)33/h1-15,30H,17-18,35H2. The number of benzene rings is 4. The van der Waals surface area contributed by atoms with E-state index in [-0.39, 0.29) is 23.8 Å². The van der Waals surface area contributed by atoms with Gasteiger partial charge in [0.15, 0.2) is 6.61 Å². The number of nitriles is 1. The lowest BCUT2D eigenvalue weighted by Crippen LogP contribution is -2.21. The van der Waals surface area contributed by atoms with E-state index in [0.29, 0.717) is 39.5 Å². The Hall–Kier alpha value is -4.64. The highest BCUT2D eigenvalue weighted by Crippen LogP contribution is 2.43. The van der Waals surface area contributed by atoms with Gasteiger partial charge in [-0.3, -0.25) is 0 Å². The normalized spacial score (nSPS) is 14.0. The van der Waals surface area contributed by atoms with E-state index >= 15 is 0 Å². The maximum absolute atomic E-state index is 12.4. The fraction of sp³-hybridized carbons (Fsp3) is 0.0968. The molecule has 2 N–H and O–H groups in total. The molecule has 4 aromatic rings. The van der Waals surface area contributed by atoms with Gasteiger partial charge in [-0.05, 0) is 54.1 Å². The molecule has 4 aromatic carbocycles. The summed E-state index contributed by atoms with van der Waals surface area (Å²) in [4.78, 5) is 12.4. The molecular formula is C31H22Cl2N2O5. The van der Waals surface area contributed by atoms with E-state index in [4.69, 9.17) is 47.9 Å². The Labute approximate surface area is 240 Å². The van der Waals surface area contributed by atoms with E-state index < -0.39 is 11.9 Å². The lowest BCUT2D eigenvalue weighted by atomic mass is 9.83. The van der Waals surface area contributed by atoms with Crippen LogP contribution in [0.25, 0.3) is 0 Å². The Balaban J connectivity index is 1.30. The highest BCUT2D eigenvalue weighted by molar-refractivity contribution is 6.31. The number of halogens is 2. The predicted octanol–water partition coefficient (Wildman–Crippen LogP) is 6.77. The molecule has 0 aliphatic carbocycles. The number of carbonyl (C=O) groups is 1. The van der Waals surface area contributed by atoms with Crippen molar-refractivity contribution in [2.45, 2.75) is 12.5 Å². The quantitative estimate of drug-likeness (QED) is 0.183. The first-order chi connectivity index (χ1) is 19.4. The Bertz CT molecular complexity index is 1610. The summed E-state index contributed by atoms with van der Waals surface area (Å²) in [6.07, 6.45) is 0. The van der Waals surface area contributed by atoms with Crippen LogP contribution < -0.4 is 24.7 Å². The van der Waals surface area contributed by atoms with Crippen LogP contribution in [-0.4, -0.2) is 12.6 Å². The van der Waals surface area contributed by atoms with Crippen LogP contribution in [0, 0.1) is 11.3 Å². The third kappa shape index (κ3) is 6.15. The van der Waals surface area contributed by atoms with E-state index in [0.717, 1.165) is 11.1 Å². The SMILES string of the molecule is N#CC1=C(N)Oc2cc(OC(=O)COc3ccc(Cl)cc3)ccc2C1c1ccc(OCc2ccccc2Cl)cc1. The Morgan fingerprint density at radius 1 is 0.900 bits per heavy atom. The number of nitrogens with two attached hydrogens (primary N) is 1. The van der Waals surface area contributed by atoms with Crippen LogP contribution in [0.5, 0.6) is 23.0 Å². The van der Waals surface area contributed by atoms with Crippen LogP contribution in [0.4, 0.5) is 0 Å². The molecule has 0 radical (unpaired) electrons. The molecule has 1 heterocycles. The van der Waals surface area contributed by atoms with Gasteiger partial charge < -0.3 is 24.7 Å². The summed E-state index contributed by atoms with van der Waals surface area (Å²) in [5.74, 6) is 0.659. The van der Waals surface area contributed by atoms with E-state index in [1.54, 1.807) is 42.5 Å². The van der Waals surface area contributed by atoms with Gasteiger partial charge in [-0.2, -0.15) is 5.26 Å². The number of hydrogen-bond donors (Lipinski definition) is 1. The minimum atomic E-state index is -0.601. The van der Waals surface area contributed by atoms with Gasteiger partial charge in [-0.15, -0.1) is 0 Å². The summed E-state index contributed by atoms with van der Waals surface area (Å²) in [7, 11) is 0. The minimum Gasteiger partial charge on any atom is -0.489 e. The van der Waals surface area contributed by atoms with E-state index in [1.807, 2.05) is 48.5 Å². The second kappa shape index (κ2) is 12.0. The summed E-state index contributed by atoms with van der Waals surface area (Å²) in [5.41, 5.74) is 8.79. The molecule has 0 amide bonds. The van der Waals surface area contributed by atoms with Crippen molar-refractivity contribution in [3.8, 4) is 29.1 Å².